The Labute approximate surface area is 471 Å². The average Bonchev–Trinajstić information content (AvgIpc) is 4.33. The van der Waals surface area contributed by atoms with Crippen LogP contribution in [0.2, 0.25) is 10.6 Å². The van der Waals surface area contributed by atoms with Crippen LogP contribution in [0, 0.1) is 48.9 Å². The number of fused-ring (bicyclic) bond motifs is 3. The lowest BCUT2D eigenvalue weighted by atomic mass is 10.0. The third-order valence-electron chi connectivity index (χ3n) is 15.0. The Kier molecular flexibility index (Phi) is 20.6. The zero-order chi connectivity index (χ0) is 56.0. The molecule has 3 fully saturated rings. The number of alkyl halides is 1. The molecular weight excluding hydrogens is 1060 g/mol. The standard InChI is InChI=1S/C24H27N5O4.C16H19ClN4O.C13H17ClN4O.C3H3Cl/c1-4-7-16-14-29(17-8-5-6-9-17)21-19(28(2)22(16)30)13-25-24(27-21)26-18-11-10-15(23(31)32)12-20(18)33-3;1-3-6-11-10-21(12-7-4-5-8-12)14-13(20(2)15(11)22)9-18-16(17)19-14;1-17-10-8-15-13(14)16-12(10)18(7-6-11(17)19)9-4-2-3-5-9;1-2-3-4/h1,10-13,16-17H,5-9,14H2,2-3H3,(H,31,32)(H,25,26,27);1,9,11-12H,4-8,10H2,2H3;8-9H,2-7H2,1H3;1H,3H2. The summed E-state index contributed by atoms with van der Waals surface area (Å²) in [4.78, 5) is 86.6. The maximum absolute atomic E-state index is 13.1. The second-order valence-corrected chi connectivity index (χ2v) is 20.7. The van der Waals surface area contributed by atoms with Gasteiger partial charge in [-0.05, 0) is 79.9 Å². The largest absolute Gasteiger partial charge is 0.495 e. The minimum Gasteiger partial charge on any atom is -0.495 e. The summed E-state index contributed by atoms with van der Waals surface area (Å²) in [7, 11) is 6.72. The smallest absolute Gasteiger partial charge is 0.335 e. The van der Waals surface area contributed by atoms with Crippen molar-refractivity contribution in [3.05, 3.63) is 52.9 Å². The van der Waals surface area contributed by atoms with E-state index < -0.39 is 5.97 Å². The maximum atomic E-state index is 13.1. The number of carboxylic acid groups (broad SMARTS) is 1. The highest BCUT2D eigenvalue weighted by molar-refractivity contribution is 6.28. The number of carbonyl (C=O) groups is 4. The number of aromatic nitrogens is 6. The van der Waals surface area contributed by atoms with Crippen LogP contribution in [0.3, 0.4) is 0 Å². The lowest BCUT2D eigenvalue weighted by Gasteiger charge is -2.31. The molecule has 3 aromatic heterocycles. The van der Waals surface area contributed by atoms with Crippen molar-refractivity contribution in [2.75, 3.05) is 88.5 Å². The number of nitrogens with zero attached hydrogens (tertiary/aromatic N) is 12. The fourth-order valence-corrected chi connectivity index (χ4v) is 11.2. The normalized spacial score (nSPS) is 19.4. The first-order valence-corrected chi connectivity index (χ1v) is 27.5. The lowest BCUT2D eigenvalue weighted by molar-refractivity contribution is -0.122. The minimum atomic E-state index is -1.04. The molecule has 2 unspecified atom stereocenters. The number of amides is 3. The second kappa shape index (κ2) is 27.5. The topological polar surface area (TPSA) is 207 Å². The summed E-state index contributed by atoms with van der Waals surface area (Å²) in [6.45, 7) is 1.82. The number of aromatic carboxylic acids is 1. The monoisotopic (exact) mass is 1120 g/mol. The molecule has 4 aromatic rings. The number of terminal acetylenes is 3. The van der Waals surface area contributed by atoms with Crippen molar-refractivity contribution in [3.63, 3.8) is 0 Å². The van der Waals surface area contributed by atoms with Crippen LogP contribution < -0.4 is 39.5 Å². The highest BCUT2D eigenvalue weighted by Crippen LogP contribution is 2.41. The molecule has 0 radical (unpaired) electrons. The molecule has 6 heterocycles. The Balaban J connectivity index is 0.000000171. The average molecular weight is 1120 g/mol. The second-order valence-electron chi connectivity index (χ2n) is 19.8. The van der Waals surface area contributed by atoms with Crippen molar-refractivity contribution in [2.45, 2.75) is 114 Å². The quantitative estimate of drug-likeness (QED) is 0.0912. The number of rotatable bonds is 9. The van der Waals surface area contributed by atoms with Crippen molar-refractivity contribution in [3.8, 4) is 42.8 Å². The van der Waals surface area contributed by atoms with Crippen LogP contribution in [-0.2, 0) is 14.4 Å². The molecule has 1 aromatic carbocycles. The predicted molar refractivity (Wildman–Crippen MR) is 306 cm³/mol. The SMILES string of the molecule is C#CCC1CN(C2CCCC2)c2nc(Cl)ncc2N(C)C1=O.C#CCC1CN(C2CCCC2)c2nc(Nc3ccc(C(=O)O)cc3OC)ncc2N(C)C1=O.C#CCCl.CN1C(=O)CCN(C2CCCC2)c2nc(Cl)ncc21. The zero-order valence-corrected chi connectivity index (χ0v) is 46.8. The fourth-order valence-electron chi connectivity index (χ4n) is 11.0. The molecule has 0 bridgehead atoms. The Bertz CT molecular complexity index is 2930. The highest BCUT2D eigenvalue weighted by atomic mass is 35.5. The molecule has 22 heteroatoms. The summed E-state index contributed by atoms with van der Waals surface area (Å²) in [5.74, 6) is 9.25. The molecule has 0 spiro atoms. The van der Waals surface area contributed by atoms with E-state index in [-0.39, 0.29) is 51.7 Å². The number of hydrogen-bond donors (Lipinski definition) is 2. The van der Waals surface area contributed by atoms with Gasteiger partial charge in [0.25, 0.3) is 0 Å². The molecule has 412 valence electrons. The Morgan fingerprint density at radius 1 is 0.679 bits per heavy atom. The number of hydrogen-bond acceptors (Lipinski definition) is 15. The molecule has 2 N–H and O–H groups in total. The van der Waals surface area contributed by atoms with Gasteiger partial charge in [0.2, 0.25) is 34.2 Å². The zero-order valence-electron chi connectivity index (χ0n) is 44.5. The van der Waals surface area contributed by atoms with Crippen molar-refractivity contribution < 1.29 is 29.0 Å². The number of halogens is 3. The molecule has 3 amide bonds. The lowest BCUT2D eigenvalue weighted by Crippen LogP contribution is -2.40. The predicted octanol–water partition coefficient (Wildman–Crippen LogP) is 8.89. The molecule has 6 aliphatic rings. The maximum Gasteiger partial charge on any atom is 0.335 e. The Morgan fingerprint density at radius 3 is 1.56 bits per heavy atom. The summed E-state index contributed by atoms with van der Waals surface area (Å²) >= 11 is 16.9. The van der Waals surface area contributed by atoms with Gasteiger partial charge in [-0.1, -0.05) is 44.4 Å². The fraction of sp³-hybridized carbons (Fsp3) is 0.500. The Hall–Kier alpha value is -7.11. The van der Waals surface area contributed by atoms with E-state index in [0.29, 0.717) is 91.4 Å². The van der Waals surface area contributed by atoms with Crippen molar-refractivity contribution in [1.29, 1.82) is 0 Å². The molecule has 10 rings (SSSR count). The third-order valence-corrected chi connectivity index (χ3v) is 15.5. The van der Waals surface area contributed by atoms with Gasteiger partial charge in [0.1, 0.15) is 22.8 Å². The van der Waals surface area contributed by atoms with E-state index in [9.17, 15) is 24.3 Å². The molecule has 78 heavy (non-hydrogen) atoms. The first kappa shape index (κ1) is 58.6. The first-order chi connectivity index (χ1) is 37.6. The van der Waals surface area contributed by atoms with Crippen molar-refractivity contribution >= 4 is 105 Å². The van der Waals surface area contributed by atoms with E-state index in [1.165, 1.54) is 57.8 Å². The van der Waals surface area contributed by atoms with Gasteiger partial charge in [0.05, 0.1) is 54.7 Å². The van der Waals surface area contributed by atoms with Gasteiger partial charge in [0.15, 0.2) is 17.5 Å². The van der Waals surface area contributed by atoms with Crippen LogP contribution in [0.4, 0.5) is 46.2 Å². The number of benzene rings is 1. The molecule has 0 saturated heterocycles. The molecule has 2 atom stereocenters. The van der Waals surface area contributed by atoms with E-state index in [2.05, 4.69) is 69.1 Å². The minimum absolute atomic E-state index is 0.0191. The number of anilines is 8. The van der Waals surface area contributed by atoms with Gasteiger partial charge in [-0.2, -0.15) is 15.0 Å². The Morgan fingerprint density at radius 2 is 1.12 bits per heavy atom. The van der Waals surface area contributed by atoms with Gasteiger partial charge in [-0.25, -0.2) is 19.7 Å². The first-order valence-electron chi connectivity index (χ1n) is 26.2. The molecule has 19 nitrogen and oxygen atoms in total. The van der Waals surface area contributed by atoms with E-state index >= 15 is 0 Å². The number of carboxylic acids is 1. The molecule has 3 aliphatic carbocycles. The summed E-state index contributed by atoms with van der Waals surface area (Å²) in [6, 6.07) is 5.70. The van der Waals surface area contributed by atoms with Gasteiger partial charge >= 0.3 is 5.97 Å². The molecule has 3 aliphatic heterocycles. The number of carbonyl (C=O) groups excluding carboxylic acids is 3. The van der Waals surface area contributed by atoms with Gasteiger partial charge in [-0.15, -0.1) is 42.7 Å². The van der Waals surface area contributed by atoms with Crippen LogP contribution in [0.15, 0.2) is 36.8 Å². The van der Waals surface area contributed by atoms with Crippen LogP contribution >= 0.6 is 34.8 Å². The van der Waals surface area contributed by atoms with Crippen LogP contribution in [0.5, 0.6) is 5.75 Å². The number of ether oxygens (including phenoxy) is 1. The summed E-state index contributed by atoms with van der Waals surface area (Å²) in [5.41, 5.74) is 2.77. The van der Waals surface area contributed by atoms with Crippen LogP contribution in [0.1, 0.15) is 107 Å². The van der Waals surface area contributed by atoms with Crippen LogP contribution in [0.25, 0.3) is 0 Å². The number of methoxy groups -OCH3 is 1. The van der Waals surface area contributed by atoms with Crippen molar-refractivity contribution in [1.82, 2.24) is 29.9 Å². The molecular formula is C56H66Cl3N13O6. The van der Waals surface area contributed by atoms with Gasteiger partial charge in [-0.3, -0.25) is 14.4 Å². The summed E-state index contributed by atoms with van der Waals surface area (Å²) < 4.78 is 5.35. The summed E-state index contributed by atoms with van der Waals surface area (Å²) in [5, 5.41) is 12.8. The molecule has 3 saturated carbocycles. The van der Waals surface area contributed by atoms with E-state index in [0.717, 1.165) is 55.8 Å². The van der Waals surface area contributed by atoms with E-state index in [4.69, 9.17) is 57.4 Å². The summed E-state index contributed by atoms with van der Waals surface area (Å²) in [6.07, 6.45) is 35.7. The number of nitrogens with one attached hydrogen (secondary N) is 1. The van der Waals surface area contributed by atoms with Gasteiger partial charge < -0.3 is 44.6 Å². The van der Waals surface area contributed by atoms with Crippen molar-refractivity contribution in [2.24, 2.45) is 11.8 Å². The third kappa shape index (κ3) is 13.8. The van der Waals surface area contributed by atoms with Gasteiger partial charge in [0, 0.05) is 78.2 Å². The highest BCUT2D eigenvalue weighted by Gasteiger charge is 2.39. The van der Waals surface area contributed by atoms with Crippen LogP contribution in [-0.4, -0.2) is 131 Å². The van der Waals surface area contributed by atoms with E-state index in [1.54, 1.807) is 60.5 Å². The van der Waals surface area contributed by atoms with E-state index in [1.807, 2.05) is 0 Å².